The van der Waals surface area contributed by atoms with E-state index in [0.29, 0.717) is 65.0 Å². The van der Waals surface area contributed by atoms with Gasteiger partial charge in [0.1, 0.15) is 13.2 Å². The molecule has 164 valence electrons. The first-order valence-corrected chi connectivity index (χ1v) is 9.41. The summed E-state index contributed by atoms with van der Waals surface area (Å²) in [7, 11) is 1.31. The summed E-state index contributed by atoms with van der Waals surface area (Å²) in [5.41, 5.74) is 0.521. The molecule has 1 aromatic carbocycles. The van der Waals surface area contributed by atoms with E-state index in [-0.39, 0.29) is 19.2 Å². The van der Waals surface area contributed by atoms with Crippen molar-refractivity contribution in [2.45, 2.75) is 0 Å². The Bertz CT molecular complexity index is 536. The van der Waals surface area contributed by atoms with Crippen LogP contribution in [0.15, 0.2) is 30.3 Å². The van der Waals surface area contributed by atoms with Gasteiger partial charge in [0.25, 0.3) is 0 Å². The number of carbonyl (C=O) groups is 2. The van der Waals surface area contributed by atoms with Gasteiger partial charge in [-0.15, -0.1) is 0 Å². The smallest absolute Gasteiger partial charge is 0.338 e. The van der Waals surface area contributed by atoms with Gasteiger partial charge in [0, 0.05) is 0 Å². The Hall–Kier alpha value is -2.04. The maximum atomic E-state index is 11.7. The Kier molecular flexibility index (Phi) is 15.5. The molecule has 0 aliphatic carbocycles. The fourth-order valence-electron chi connectivity index (χ4n) is 1.94. The molecule has 0 spiro atoms. The lowest BCUT2D eigenvalue weighted by Gasteiger charge is -2.08. The minimum absolute atomic E-state index is 0.0732. The van der Waals surface area contributed by atoms with Crippen LogP contribution in [0.1, 0.15) is 10.4 Å². The molecule has 1 rings (SSSR count). The number of methoxy groups -OCH3 is 1. The van der Waals surface area contributed by atoms with Crippen LogP contribution in [-0.4, -0.2) is 91.7 Å². The van der Waals surface area contributed by atoms with Crippen LogP contribution < -0.4 is 0 Å². The van der Waals surface area contributed by atoms with Gasteiger partial charge >= 0.3 is 11.9 Å². The van der Waals surface area contributed by atoms with Crippen LogP contribution >= 0.6 is 0 Å². The van der Waals surface area contributed by atoms with Crippen molar-refractivity contribution in [1.82, 2.24) is 0 Å². The second-order valence-electron chi connectivity index (χ2n) is 5.58. The minimum Gasteiger partial charge on any atom is -0.467 e. The Balaban J connectivity index is 1.75. The molecule has 0 N–H and O–H groups in total. The Morgan fingerprint density at radius 1 is 0.655 bits per heavy atom. The van der Waals surface area contributed by atoms with Crippen molar-refractivity contribution < 1.29 is 42.7 Å². The van der Waals surface area contributed by atoms with Gasteiger partial charge in [0.15, 0.2) is 0 Å². The molecule has 0 unspecified atom stereocenters. The third-order valence-corrected chi connectivity index (χ3v) is 3.41. The van der Waals surface area contributed by atoms with Crippen LogP contribution in [0.5, 0.6) is 0 Å². The van der Waals surface area contributed by atoms with Crippen LogP contribution in [0, 0.1) is 0 Å². The zero-order chi connectivity index (χ0) is 21.0. The summed E-state index contributed by atoms with van der Waals surface area (Å²) >= 11 is 0. The molecule has 0 bridgehead atoms. The number of ether oxygens (including phenoxy) is 7. The van der Waals surface area contributed by atoms with Crippen molar-refractivity contribution in [3.8, 4) is 0 Å². The highest BCUT2D eigenvalue weighted by Crippen LogP contribution is 2.00. The highest BCUT2D eigenvalue weighted by Gasteiger charge is 2.05. The van der Waals surface area contributed by atoms with E-state index < -0.39 is 5.97 Å². The summed E-state index contributed by atoms with van der Waals surface area (Å²) in [6.07, 6.45) is 0. The van der Waals surface area contributed by atoms with Gasteiger partial charge in [-0.3, -0.25) is 0 Å². The summed E-state index contributed by atoms with van der Waals surface area (Å²) in [6, 6.07) is 8.81. The van der Waals surface area contributed by atoms with E-state index in [4.69, 9.17) is 28.4 Å². The highest BCUT2D eigenvalue weighted by molar-refractivity contribution is 5.89. The lowest BCUT2D eigenvalue weighted by atomic mass is 10.2. The molecular weight excluding hydrogens is 384 g/mol. The quantitative estimate of drug-likeness (QED) is 0.258. The van der Waals surface area contributed by atoms with Crippen molar-refractivity contribution >= 4 is 11.9 Å². The number of esters is 2. The SMILES string of the molecule is COC(=O)COCCOCCOCCOCCOCCOC(=O)c1ccccc1. The number of hydrogen-bond acceptors (Lipinski definition) is 9. The van der Waals surface area contributed by atoms with Crippen molar-refractivity contribution in [1.29, 1.82) is 0 Å². The Morgan fingerprint density at radius 2 is 1.10 bits per heavy atom. The van der Waals surface area contributed by atoms with Crippen LogP contribution in [0.2, 0.25) is 0 Å². The average Bonchev–Trinajstić information content (AvgIpc) is 2.76. The highest BCUT2D eigenvalue weighted by atomic mass is 16.6. The van der Waals surface area contributed by atoms with E-state index in [1.165, 1.54) is 7.11 Å². The lowest BCUT2D eigenvalue weighted by molar-refractivity contribution is -0.146. The third kappa shape index (κ3) is 14.6. The van der Waals surface area contributed by atoms with Gasteiger partial charge in [0.05, 0.1) is 72.1 Å². The first kappa shape index (κ1) is 25.0. The fraction of sp³-hybridized carbons (Fsp3) is 0.600. The molecule has 29 heavy (non-hydrogen) atoms. The van der Waals surface area contributed by atoms with E-state index in [2.05, 4.69) is 4.74 Å². The standard InChI is InChI=1S/C20H30O9/c1-23-19(21)17-28-14-13-26-10-9-24-7-8-25-11-12-27-15-16-29-20(22)18-5-3-2-4-6-18/h2-6H,7-17H2,1H3. The van der Waals surface area contributed by atoms with Crippen LogP contribution in [0.4, 0.5) is 0 Å². The summed E-state index contributed by atoms with van der Waals surface area (Å²) in [6.45, 7) is 3.79. The van der Waals surface area contributed by atoms with Crippen LogP contribution in [0.25, 0.3) is 0 Å². The van der Waals surface area contributed by atoms with Crippen molar-refractivity contribution in [2.75, 3.05) is 79.8 Å². The van der Waals surface area contributed by atoms with Gasteiger partial charge in [-0.05, 0) is 12.1 Å². The molecule has 9 nitrogen and oxygen atoms in total. The van der Waals surface area contributed by atoms with Crippen molar-refractivity contribution in [2.24, 2.45) is 0 Å². The van der Waals surface area contributed by atoms with E-state index >= 15 is 0 Å². The monoisotopic (exact) mass is 414 g/mol. The fourth-order valence-corrected chi connectivity index (χ4v) is 1.94. The second kappa shape index (κ2) is 18.0. The maximum Gasteiger partial charge on any atom is 0.338 e. The maximum absolute atomic E-state index is 11.7. The first-order valence-electron chi connectivity index (χ1n) is 9.41. The minimum atomic E-state index is -0.412. The molecule has 0 atom stereocenters. The van der Waals surface area contributed by atoms with E-state index in [1.54, 1.807) is 24.3 Å². The number of hydrogen-bond donors (Lipinski definition) is 0. The largest absolute Gasteiger partial charge is 0.467 e. The molecule has 9 heteroatoms. The Morgan fingerprint density at radius 3 is 1.59 bits per heavy atom. The molecule has 0 heterocycles. The zero-order valence-corrected chi connectivity index (χ0v) is 16.8. The lowest BCUT2D eigenvalue weighted by Crippen LogP contribution is -2.16. The number of benzene rings is 1. The molecule has 1 aromatic rings. The molecule has 0 aromatic heterocycles. The van der Waals surface area contributed by atoms with E-state index in [9.17, 15) is 9.59 Å². The average molecular weight is 414 g/mol. The third-order valence-electron chi connectivity index (χ3n) is 3.41. The summed E-state index contributed by atoms with van der Waals surface area (Å²) in [5.74, 6) is -0.773. The molecule has 0 fully saturated rings. The van der Waals surface area contributed by atoms with Gasteiger partial charge in [-0.25, -0.2) is 9.59 Å². The van der Waals surface area contributed by atoms with Crippen molar-refractivity contribution in [3.05, 3.63) is 35.9 Å². The predicted octanol–water partition coefficient (Wildman–Crippen LogP) is 1.10. The number of rotatable bonds is 18. The Labute approximate surface area is 171 Å². The summed E-state index contributed by atoms with van der Waals surface area (Å²) < 4.78 is 35.9. The first-order chi connectivity index (χ1) is 14.2. The van der Waals surface area contributed by atoms with Gasteiger partial charge in [-0.1, -0.05) is 18.2 Å². The van der Waals surface area contributed by atoms with E-state index in [0.717, 1.165) is 0 Å². The molecule has 0 radical (unpaired) electrons. The molecule has 0 saturated carbocycles. The number of carbonyl (C=O) groups excluding carboxylic acids is 2. The van der Waals surface area contributed by atoms with Crippen LogP contribution in [-0.2, 0) is 38.0 Å². The summed E-state index contributed by atoms with van der Waals surface area (Å²) in [4.78, 5) is 22.5. The zero-order valence-electron chi connectivity index (χ0n) is 16.8. The molecule has 0 aliphatic rings. The topological polar surface area (TPSA) is 98.8 Å². The molecule has 0 saturated heterocycles. The van der Waals surface area contributed by atoms with Gasteiger partial charge in [0.2, 0.25) is 0 Å². The van der Waals surface area contributed by atoms with Crippen LogP contribution in [0.3, 0.4) is 0 Å². The predicted molar refractivity (Wildman–Crippen MR) is 103 cm³/mol. The molecule has 0 amide bonds. The van der Waals surface area contributed by atoms with Crippen molar-refractivity contribution in [3.63, 3.8) is 0 Å². The summed E-state index contributed by atoms with van der Waals surface area (Å²) in [5, 5.41) is 0. The van der Waals surface area contributed by atoms with Gasteiger partial charge < -0.3 is 33.2 Å². The normalized spacial score (nSPS) is 10.7. The second-order valence-corrected chi connectivity index (χ2v) is 5.58. The van der Waals surface area contributed by atoms with E-state index in [1.807, 2.05) is 6.07 Å². The molecular formula is C20H30O9. The van der Waals surface area contributed by atoms with Gasteiger partial charge in [-0.2, -0.15) is 0 Å². The molecule has 0 aliphatic heterocycles.